The highest BCUT2D eigenvalue weighted by molar-refractivity contribution is 5.88. The lowest BCUT2D eigenvalue weighted by Gasteiger charge is -2.42. The minimum atomic E-state index is -1.94. The molecule has 7 rings (SSSR count). The first kappa shape index (κ1) is 47.5. The van der Waals surface area contributed by atoms with Crippen LogP contribution in [0.4, 0.5) is 0 Å². The number of hydrogen-bond donors (Lipinski definition) is 11. The number of benzene rings is 3. The van der Waals surface area contributed by atoms with E-state index in [1.807, 2.05) is 0 Å². The maximum atomic E-state index is 12.9. The standard InChI is InChI=1S/C43H48O22/c1-17-39(65-30(48)10-4-18-3-9-23(47)26(11-18)57-2)35(53)38(56)41(59-17)58-16-29-32(50)34(52)37(55)43(64-29)62-27-14-22-24(60-40(27)19-5-7-20(45)8-6-19)12-21(46)13-25(22)61-42-36(54)33(51)31(49)28(15-44)63-42/h3-14,17,28-29,31-39,41-45,47,49-56H,15-16H2,1-2H3/p+1/t17-,28+,29+,31+,32+,33-,34-,35-,36+,37+,38+,39-,41+,42+,43+/m0/s1. The Hall–Kier alpha value is -5.44. The van der Waals surface area contributed by atoms with E-state index < -0.39 is 117 Å². The fourth-order valence-corrected chi connectivity index (χ4v) is 7.37. The second kappa shape index (κ2) is 20.0. The summed E-state index contributed by atoms with van der Waals surface area (Å²) in [5.41, 5.74) is 0.123. The molecule has 1 aliphatic carbocycles. The second-order valence-corrected chi connectivity index (χ2v) is 15.5. The van der Waals surface area contributed by atoms with Gasteiger partial charge in [-0.2, -0.15) is 0 Å². The molecule has 22 heteroatoms. The maximum Gasteiger partial charge on any atom is 0.510 e. The molecular formula is C43H49O22+. The van der Waals surface area contributed by atoms with Crippen molar-refractivity contribution >= 4 is 12.0 Å². The summed E-state index contributed by atoms with van der Waals surface area (Å²) in [7, 11) is 1.37. The fourth-order valence-electron chi connectivity index (χ4n) is 7.37. The van der Waals surface area contributed by atoms with Gasteiger partial charge in [0.15, 0.2) is 40.8 Å². The van der Waals surface area contributed by atoms with Crippen molar-refractivity contribution in [3.05, 3.63) is 82.5 Å². The molecule has 65 heavy (non-hydrogen) atoms. The Bertz CT molecular complexity index is 2320. The Balaban J connectivity index is 1.08. The number of carbonyl (C=O) groups excluding carboxylic acids is 1. The van der Waals surface area contributed by atoms with E-state index in [9.17, 15) is 65.8 Å². The molecule has 0 saturated carbocycles. The lowest BCUT2D eigenvalue weighted by molar-refractivity contribution is -0.317. The molecule has 2 aromatic rings. The molecule has 5 aliphatic rings. The molecule has 4 aliphatic heterocycles. The number of fused-ring (bicyclic) bond motifs is 1. The average molecular weight is 918 g/mol. The fraction of sp³-hybridized carbons (Fsp3) is 0.442. The number of ether oxygens (including phenoxy) is 8. The van der Waals surface area contributed by atoms with Crippen molar-refractivity contribution in [3.8, 4) is 51.4 Å². The predicted molar refractivity (Wildman–Crippen MR) is 218 cm³/mol. The Morgan fingerprint density at radius 1 is 0.708 bits per heavy atom. The molecule has 0 spiro atoms. The molecular weight excluding hydrogens is 868 g/mol. The van der Waals surface area contributed by atoms with Crippen LogP contribution in [0.5, 0.6) is 28.7 Å². The normalized spacial score (nSPS) is 32.9. The quantitative estimate of drug-likeness (QED) is 0.0404. The molecule has 0 amide bonds. The minimum Gasteiger partial charge on any atom is -0.508 e. The molecule has 352 valence electrons. The Labute approximate surface area is 368 Å². The monoisotopic (exact) mass is 917 g/mol. The van der Waals surface area contributed by atoms with Crippen molar-refractivity contribution in [1.82, 2.24) is 0 Å². The summed E-state index contributed by atoms with van der Waals surface area (Å²) in [5, 5.41) is 116. The number of methoxy groups -OCH3 is 1. The predicted octanol–water partition coefficient (Wildman–Crippen LogP) is -1.72. The lowest BCUT2D eigenvalue weighted by Crippen LogP contribution is -2.62. The second-order valence-electron chi connectivity index (χ2n) is 15.5. The van der Waals surface area contributed by atoms with Gasteiger partial charge in [-0.25, -0.2) is 0 Å². The largest absolute Gasteiger partial charge is 0.510 e. The molecule has 4 heterocycles. The third-order valence-electron chi connectivity index (χ3n) is 11.0. The van der Waals surface area contributed by atoms with Crippen LogP contribution < -0.4 is 19.6 Å². The third kappa shape index (κ3) is 10.2. The summed E-state index contributed by atoms with van der Waals surface area (Å²) < 4.78 is 51.4. The summed E-state index contributed by atoms with van der Waals surface area (Å²) in [5.74, 6) is -1.42. The van der Waals surface area contributed by atoms with Gasteiger partial charge in [-0.05, 0) is 61.0 Å². The van der Waals surface area contributed by atoms with Crippen molar-refractivity contribution in [3.63, 3.8) is 0 Å². The van der Waals surface area contributed by atoms with E-state index in [-0.39, 0.29) is 51.4 Å². The first-order chi connectivity index (χ1) is 31.0. The van der Waals surface area contributed by atoms with Gasteiger partial charge in [-0.3, -0.25) is 4.79 Å². The molecule has 3 saturated heterocycles. The molecule has 0 unspecified atom stereocenters. The van der Waals surface area contributed by atoms with Gasteiger partial charge in [-0.15, -0.1) is 0 Å². The van der Waals surface area contributed by atoms with E-state index in [1.165, 1.54) is 68.7 Å². The molecule has 12 N–H and O–H groups in total. The summed E-state index contributed by atoms with van der Waals surface area (Å²) in [4.78, 5) is 23.3. The maximum absolute atomic E-state index is 12.9. The van der Waals surface area contributed by atoms with Crippen LogP contribution >= 0.6 is 0 Å². The summed E-state index contributed by atoms with van der Waals surface area (Å²) >= 11 is 0. The zero-order valence-corrected chi connectivity index (χ0v) is 34.5. The lowest BCUT2D eigenvalue weighted by atomic mass is 9.98. The van der Waals surface area contributed by atoms with Gasteiger partial charge in [0.25, 0.3) is 0 Å². The number of hydrogen-bond acceptors (Lipinski definition) is 21. The number of esters is 1. The number of rotatable bonds is 13. The van der Waals surface area contributed by atoms with Crippen molar-refractivity contribution in [2.45, 2.75) is 99.0 Å². The van der Waals surface area contributed by atoms with Crippen molar-refractivity contribution in [1.29, 1.82) is 0 Å². The van der Waals surface area contributed by atoms with Crippen LogP contribution in [0.2, 0.25) is 0 Å². The van der Waals surface area contributed by atoms with Crippen LogP contribution in [0, 0.1) is 0 Å². The minimum absolute atomic E-state index is 0.0109. The van der Waals surface area contributed by atoms with E-state index >= 15 is 0 Å². The molecule has 0 aromatic heterocycles. The molecule has 2 aromatic carbocycles. The van der Waals surface area contributed by atoms with E-state index in [0.29, 0.717) is 5.56 Å². The van der Waals surface area contributed by atoms with E-state index in [4.69, 9.17) is 42.3 Å². The molecule has 0 radical (unpaired) electrons. The Kier molecular flexibility index (Phi) is 14.6. The molecule has 0 bridgehead atoms. The Morgan fingerprint density at radius 3 is 2.00 bits per heavy atom. The van der Waals surface area contributed by atoms with Gasteiger partial charge in [0.2, 0.25) is 18.7 Å². The zero-order chi connectivity index (χ0) is 46.9. The van der Waals surface area contributed by atoms with E-state index in [2.05, 4.69) is 0 Å². The van der Waals surface area contributed by atoms with Crippen LogP contribution in [-0.4, -0.2) is 179 Å². The van der Waals surface area contributed by atoms with Gasteiger partial charge in [0, 0.05) is 17.7 Å². The van der Waals surface area contributed by atoms with Crippen molar-refractivity contribution in [2.24, 2.45) is 0 Å². The number of aliphatic hydroxyl groups excluding tert-OH is 9. The number of aromatic hydroxyl groups is 2. The smallest absolute Gasteiger partial charge is 0.508 e. The number of aliphatic hydroxyl groups is 9. The van der Waals surface area contributed by atoms with Crippen molar-refractivity contribution < 1.29 is 103 Å². The van der Waals surface area contributed by atoms with Crippen LogP contribution in [0.3, 0.4) is 0 Å². The van der Waals surface area contributed by atoms with Crippen molar-refractivity contribution in [2.75, 3.05) is 20.3 Å². The van der Waals surface area contributed by atoms with Gasteiger partial charge in [-0.1, -0.05) is 6.07 Å². The van der Waals surface area contributed by atoms with Crippen LogP contribution in [0.25, 0.3) is 28.7 Å². The van der Waals surface area contributed by atoms with Gasteiger partial charge < -0.3 is 103 Å². The Morgan fingerprint density at radius 2 is 1.34 bits per heavy atom. The third-order valence-corrected chi connectivity index (χ3v) is 11.0. The van der Waals surface area contributed by atoms with Gasteiger partial charge in [0.05, 0.1) is 32.0 Å². The van der Waals surface area contributed by atoms with Gasteiger partial charge >= 0.3 is 5.97 Å². The first-order valence-corrected chi connectivity index (χ1v) is 20.1. The first-order valence-electron chi connectivity index (χ1n) is 20.1. The summed E-state index contributed by atoms with van der Waals surface area (Å²) in [6, 6.07) is 13.3. The van der Waals surface area contributed by atoms with E-state index in [0.717, 1.165) is 12.1 Å². The zero-order valence-electron chi connectivity index (χ0n) is 34.5. The average Bonchev–Trinajstić information content (AvgIpc) is 3.29. The molecule has 22 nitrogen and oxygen atoms in total. The molecule has 15 atom stereocenters. The van der Waals surface area contributed by atoms with Gasteiger partial charge in [0.1, 0.15) is 78.3 Å². The summed E-state index contributed by atoms with van der Waals surface area (Å²) in [6.45, 7) is 0.0673. The topological polar surface area (TPSA) is 348 Å². The van der Waals surface area contributed by atoms with Crippen LogP contribution in [0.1, 0.15) is 12.5 Å². The number of phenolic OH excluding ortho intramolecular Hbond substituents is 2. The highest BCUT2D eigenvalue weighted by Crippen LogP contribution is 2.43. The number of phenols is 2. The van der Waals surface area contributed by atoms with Crippen LogP contribution in [0.15, 0.2) is 76.0 Å². The molecule has 3 fully saturated rings. The SMILES string of the molecule is COc1cc(C=CC(=[OH+])O[C@@H]2[C@@H](O)[C@@H](O)[C@H](OC[C@H]3O[C@@H](Oc4cc5c(O[C@@H]6O[C@H](CO)[C@@H](O)[C@H](O)[C@H]6O)cc(=O)cc-5oc4-c4ccc(O)cc4)[C@H](O)[C@@H](O)[C@@H]3O)O[C@H]2C)ccc1O. The van der Waals surface area contributed by atoms with E-state index in [1.54, 1.807) is 6.07 Å². The highest BCUT2D eigenvalue weighted by atomic mass is 16.7. The van der Waals surface area contributed by atoms with Crippen LogP contribution in [-0.2, 0) is 23.7 Å². The highest BCUT2D eigenvalue weighted by Gasteiger charge is 2.51. The summed E-state index contributed by atoms with van der Waals surface area (Å²) in [6.07, 6.45) is -22.2.